The Balaban J connectivity index is 1.64. The highest BCUT2D eigenvalue weighted by Gasteiger charge is 2.03. The summed E-state index contributed by atoms with van der Waals surface area (Å²) in [6.07, 6.45) is 6.11. The van der Waals surface area contributed by atoms with Crippen LogP contribution in [-0.4, -0.2) is 34.7 Å². The Morgan fingerprint density at radius 2 is 2.19 bits per heavy atom. The Labute approximate surface area is 121 Å². The highest BCUT2D eigenvalue weighted by atomic mass is 16.5. The van der Waals surface area contributed by atoms with Crippen molar-refractivity contribution >= 4 is 30.0 Å². The zero-order chi connectivity index (χ0) is 14.5. The molecule has 0 spiro atoms. The summed E-state index contributed by atoms with van der Waals surface area (Å²) in [5.41, 5.74) is 1.92. The number of rotatable bonds is 5. The van der Waals surface area contributed by atoms with Gasteiger partial charge in [-0.25, -0.2) is 10.1 Å². The average molecular weight is 282 g/mol. The quantitative estimate of drug-likeness (QED) is 0.825. The van der Waals surface area contributed by atoms with Crippen LogP contribution >= 0.6 is 0 Å². The summed E-state index contributed by atoms with van der Waals surface area (Å²) < 4.78 is 5.11. The van der Waals surface area contributed by atoms with Crippen LogP contribution in [0.25, 0.3) is 0 Å². The van der Waals surface area contributed by atoms with Crippen LogP contribution in [0.1, 0.15) is 6.42 Å². The molecule has 3 rings (SSSR count). The first kappa shape index (κ1) is 13.0. The van der Waals surface area contributed by atoms with Crippen molar-refractivity contribution in [1.29, 1.82) is 0 Å². The number of benzene rings is 1. The van der Waals surface area contributed by atoms with Gasteiger partial charge in [0.05, 0.1) is 7.11 Å². The number of aromatic nitrogens is 3. The molecule has 0 fully saturated rings. The van der Waals surface area contributed by atoms with Crippen LogP contribution < -0.4 is 10.1 Å². The number of nitrogens with zero attached hydrogens (tertiary/aromatic N) is 4. The zero-order valence-electron chi connectivity index (χ0n) is 11.4. The van der Waals surface area contributed by atoms with Gasteiger partial charge in [-0.05, 0) is 29.8 Å². The predicted octanol–water partition coefficient (Wildman–Crippen LogP) is 2.62. The molecule has 0 aliphatic carbocycles. The van der Waals surface area contributed by atoms with Gasteiger partial charge >= 0.3 is 0 Å². The number of hydrogen-bond acceptors (Lipinski definition) is 6. The maximum absolute atomic E-state index is 5.11. The average Bonchev–Trinajstić information content (AvgIpc) is 3.17. The molecule has 1 aliphatic rings. The molecule has 7 nitrogen and oxygen atoms in total. The number of ether oxygens (including phenoxy) is 1. The normalized spacial score (nSPS) is 13.7. The molecule has 106 valence electrons. The van der Waals surface area contributed by atoms with Crippen molar-refractivity contribution in [1.82, 2.24) is 15.2 Å². The minimum absolute atomic E-state index is 0.374. The maximum atomic E-state index is 5.11. The van der Waals surface area contributed by atoms with Gasteiger partial charge in [0.1, 0.15) is 5.75 Å². The second kappa shape index (κ2) is 6.00. The minimum Gasteiger partial charge on any atom is -0.497 e. The van der Waals surface area contributed by atoms with E-state index in [2.05, 4.69) is 30.5 Å². The number of anilines is 2. The molecule has 2 N–H and O–H groups in total. The molecule has 0 atom stereocenters. The summed E-state index contributed by atoms with van der Waals surface area (Å²) in [4.78, 5) is 12.4. The highest BCUT2D eigenvalue weighted by molar-refractivity contribution is 5.87. The van der Waals surface area contributed by atoms with Gasteiger partial charge in [0.25, 0.3) is 5.95 Å². The molecule has 0 radical (unpaired) electrons. The first-order valence-corrected chi connectivity index (χ1v) is 6.42. The molecule has 1 aromatic carbocycles. The number of aliphatic imine (C=N–C) groups is 2. The zero-order valence-corrected chi connectivity index (χ0v) is 11.4. The van der Waals surface area contributed by atoms with Gasteiger partial charge in [-0.3, -0.25) is 4.99 Å². The van der Waals surface area contributed by atoms with E-state index in [1.165, 1.54) is 0 Å². The van der Waals surface area contributed by atoms with Crippen LogP contribution in [0.3, 0.4) is 0 Å². The predicted molar refractivity (Wildman–Crippen MR) is 82.0 cm³/mol. The van der Waals surface area contributed by atoms with Crippen LogP contribution in [0.5, 0.6) is 5.75 Å². The lowest BCUT2D eigenvalue weighted by Crippen LogP contribution is -1.92. The number of aromatic amines is 1. The van der Waals surface area contributed by atoms with Crippen molar-refractivity contribution in [3.8, 4) is 5.75 Å². The smallest absolute Gasteiger partial charge is 0.269 e. The fourth-order valence-corrected chi connectivity index (χ4v) is 1.76. The molecule has 0 unspecified atom stereocenters. The molecule has 0 saturated carbocycles. The lowest BCUT2D eigenvalue weighted by atomic mass is 10.3. The van der Waals surface area contributed by atoms with Crippen molar-refractivity contribution in [2.24, 2.45) is 9.98 Å². The van der Waals surface area contributed by atoms with Crippen molar-refractivity contribution in [3.05, 3.63) is 36.0 Å². The number of nitrogens with one attached hydrogen (secondary N) is 2. The molecular weight excluding hydrogens is 268 g/mol. The van der Waals surface area contributed by atoms with E-state index in [4.69, 9.17) is 4.74 Å². The summed E-state index contributed by atoms with van der Waals surface area (Å²) in [6, 6.07) is 7.52. The standard InChI is InChI=1S/C14H14N6O/c1-21-12-4-2-11(3-5-12)17-14-18-13(19-20-14)16-9-10-6-7-15-8-10/h2-5,7-9H,6H2,1H3,(H2,17,18,19,20)/b16-9+. The SMILES string of the molecule is COc1ccc(Nc2nc(/N=C/C3=CN=CC3)n[nH]2)cc1. The van der Waals surface area contributed by atoms with Gasteiger partial charge < -0.3 is 10.1 Å². The van der Waals surface area contributed by atoms with Gasteiger partial charge in [-0.1, -0.05) is 0 Å². The first-order chi connectivity index (χ1) is 10.3. The minimum atomic E-state index is 0.374. The van der Waals surface area contributed by atoms with Crippen molar-refractivity contribution in [2.45, 2.75) is 6.42 Å². The third-order valence-corrected chi connectivity index (χ3v) is 2.84. The summed E-state index contributed by atoms with van der Waals surface area (Å²) >= 11 is 0. The van der Waals surface area contributed by atoms with E-state index in [9.17, 15) is 0 Å². The van der Waals surface area contributed by atoms with E-state index in [0.29, 0.717) is 11.9 Å². The van der Waals surface area contributed by atoms with E-state index >= 15 is 0 Å². The molecule has 2 aromatic rings. The van der Waals surface area contributed by atoms with Gasteiger partial charge in [0, 0.05) is 30.7 Å². The first-order valence-electron chi connectivity index (χ1n) is 6.42. The molecule has 2 heterocycles. The molecule has 7 heteroatoms. The molecule has 1 aromatic heterocycles. The third kappa shape index (κ3) is 3.33. The Hall–Kier alpha value is -2.96. The molecule has 1 aliphatic heterocycles. The molecule has 21 heavy (non-hydrogen) atoms. The second-order valence-electron chi connectivity index (χ2n) is 4.34. The Morgan fingerprint density at radius 1 is 1.33 bits per heavy atom. The van der Waals surface area contributed by atoms with Crippen LogP contribution in [0.4, 0.5) is 17.6 Å². The lowest BCUT2D eigenvalue weighted by molar-refractivity contribution is 0.415. The summed E-state index contributed by atoms with van der Waals surface area (Å²) in [5.74, 6) is 1.71. The van der Waals surface area contributed by atoms with Crippen LogP contribution in [0, 0.1) is 0 Å². The fourth-order valence-electron chi connectivity index (χ4n) is 1.76. The maximum Gasteiger partial charge on any atom is 0.269 e. The van der Waals surface area contributed by atoms with Crippen molar-refractivity contribution < 1.29 is 4.74 Å². The fraction of sp³-hybridized carbons (Fsp3) is 0.143. The van der Waals surface area contributed by atoms with E-state index in [-0.39, 0.29) is 0 Å². The van der Waals surface area contributed by atoms with Gasteiger partial charge in [0.15, 0.2) is 0 Å². The second-order valence-corrected chi connectivity index (χ2v) is 4.34. The van der Waals surface area contributed by atoms with E-state index in [0.717, 1.165) is 23.4 Å². The number of methoxy groups -OCH3 is 1. The molecule has 0 amide bonds. The topological polar surface area (TPSA) is 87.5 Å². The molecule has 0 bridgehead atoms. The largest absolute Gasteiger partial charge is 0.497 e. The van der Waals surface area contributed by atoms with E-state index < -0.39 is 0 Å². The van der Waals surface area contributed by atoms with Crippen LogP contribution in [-0.2, 0) is 0 Å². The summed E-state index contributed by atoms with van der Waals surface area (Å²) in [7, 11) is 1.63. The Kier molecular flexibility index (Phi) is 3.72. The summed E-state index contributed by atoms with van der Waals surface area (Å²) in [6.45, 7) is 0. The third-order valence-electron chi connectivity index (χ3n) is 2.84. The number of hydrogen-bond donors (Lipinski definition) is 2. The monoisotopic (exact) mass is 282 g/mol. The Bertz CT molecular complexity index is 699. The number of H-pyrrole nitrogens is 1. The molecule has 0 saturated heterocycles. The van der Waals surface area contributed by atoms with Crippen LogP contribution in [0.15, 0.2) is 46.0 Å². The molecular formula is C14H14N6O. The van der Waals surface area contributed by atoms with Gasteiger partial charge in [-0.15, -0.1) is 5.10 Å². The van der Waals surface area contributed by atoms with Gasteiger partial charge in [0.2, 0.25) is 5.95 Å². The Morgan fingerprint density at radius 3 is 2.90 bits per heavy atom. The van der Waals surface area contributed by atoms with Crippen molar-refractivity contribution in [2.75, 3.05) is 12.4 Å². The summed E-state index contributed by atoms with van der Waals surface area (Å²) in [5, 5.41) is 9.91. The van der Waals surface area contributed by atoms with Gasteiger partial charge in [-0.2, -0.15) is 4.98 Å². The van der Waals surface area contributed by atoms with E-state index in [1.807, 2.05) is 30.5 Å². The van der Waals surface area contributed by atoms with Crippen molar-refractivity contribution in [3.63, 3.8) is 0 Å². The lowest BCUT2D eigenvalue weighted by Gasteiger charge is -2.03. The van der Waals surface area contributed by atoms with Crippen LogP contribution in [0.2, 0.25) is 0 Å². The number of allylic oxidation sites excluding steroid dienone is 1. The van der Waals surface area contributed by atoms with E-state index in [1.54, 1.807) is 19.5 Å². The highest BCUT2D eigenvalue weighted by Crippen LogP contribution is 2.18.